The molecule has 0 atom stereocenters. The summed E-state index contributed by atoms with van der Waals surface area (Å²) in [6.45, 7) is 6.16. The number of ether oxygens (including phenoxy) is 2. The number of hydrogen-bond donors (Lipinski definition) is 1. The lowest BCUT2D eigenvalue weighted by Gasteiger charge is -2.15. The first-order chi connectivity index (χ1) is 17.6. The van der Waals surface area contributed by atoms with Crippen molar-refractivity contribution in [2.45, 2.75) is 39.4 Å². The van der Waals surface area contributed by atoms with E-state index in [1.807, 2.05) is 18.2 Å². The smallest absolute Gasteiger partial charge is 0.435 e. The number of aromatic nitrogens is 4. The summed E-state index contributed by atoms with van der Waals surface area (Å²) in [4.78, 5) is 9.21. The Labute approximate surface area is 213 Å². The number of benzene rings is 2. The van der Waals surface area contributed by atoms with E-state index in [0.29, 0.717) is 47.0 Å². The molecular formula is C27H28F3N5O2. The van der Waals surface area contributed by atoms with E-state index in [2.05, 4.69) is 35.3 Å². The number of methoxy groups -OCH3 is 2. The zero-order valence-corrected chi connectivity index (χ0v) is 21.2. The Hall–Kier alpha value is -4.08. The van der Waals surface area contributed by atoms with Crippen molar-refractivity contribution in [3.8, 4) is 28.6 Å². The second kappa shape index (κ2) is 10.5. The van der Waals surface area contributed by atoms with E-state index in [1.165, 1.54) is 11.8 Å². The van der Waals surface area contributed by atoms with Crippen molar-refractivity contribution in [1.82, 2.24) is 19.7 Å². The van der Waals surface area contributed by atoms with E-state index in [1.54, 1.807) is 38.4 Å². The maximum absolute atomic E-state index is 13.1. The molecule has 0 spiro atoms. The van der Waals surface area contributed by atoms with Crippen LogP contribution in [0, 0.1) is 6.92 Å². The fourth-order valence-corrected chi connectivity index (χ4v) is 4.03. The van der Waals surface area contributed by atoms with Gasteiger partial charge in [0, 0.05) is 17.8 Å². The Balaban J connectivity index is 1.61. The number of nitrogens with one attached hydrogen (secondary N) is 1. The highest BCUT2D eigenvalue weighted by Crippen LogP contribution is 2.33. The van der Waals surface area contributed by atoms with Crippen LogP contribution < -0.4 is 14.8 Å². The number of nitrogens with zero attached hydrogens (tertiary/aromatic N) is 4. The van der Waals surface area contributed by atoms with Crippen LogP contribution in [-0.4, -0.2) is 34.0 Å². The predicted molar refractivity (Wildman–Crippen MR) is 135 cm³/mol. The fraction of sp³-hybridized carbons (Fsp3) is 0.296. The van der Waals surface area contributed by atoms with E-state index in [-0.39, 0.29) is 0 Å². The topological polar surface area (TPSA) is 74.1 Å². The Morgan fingerprint density at radius 2 is 1.73 bits per heavy atom. The minimum Gasteiger partial charge on any atom is -0.494 e. The second-order valence-corrected chi connectivity index (χ2v) is 8.79. The zero-order valence-electron chi connectivity index (χ0n) is 21.2. The quantitative estimate of drug-likeness (QED) is 0.295. The van der Waals surface area contributed by atoms with Crippen LogP contribution in [0.25, 0.3) is 17.1 Å². The fourth-order valence-electron chi connectivity index (χ4n) is 4.03. The molecule has 2 aromatic carbocycles. The molecule has 4 aromatic rings. The van der Waals surface area contributed by atoms with Gasteiger partial charge in [0.1, 0.15) is 11.4 Å². The van der Waals surface area contributed by atoms with E-state index in [9.17, 15) is 13.2 Å². The van der Waals surface area contributed by atoms with Crippen molar-refractivity contribution >= 4 is 5.82 Å². The van der Waals surface area contributed by atoms with Crippen molar-refractivity contribution in [3.63, 3.8) is 0 Å². The highest BCUT2D eigenvalue weighted by atomic mass is 19.4. The van der Waals surface area contributed by atoms with E-state index in [4.69, 9.17) is 14.5 Å². The molecule has 0 fully saturated rings. The molecule has 0 saturated carbocycles. The van der Waals surface area contributed by atoms with Crippen LogP contribution in [0.4, 0.5) is 19.0 Å². The largest absolute Gasteiger partial charge is 0.494 e. The molecule has 0 amide bonds. The Kier molecular flexibility index (Phi) is 7.37. The Morgan fingerprint density at radius 3 is 2.38 bits per heavy atom. The summed E-state index contributed by atoms with van der Waals surface area (Å²) < 4.78 is 51.5. The molecule has 10 heteroatoms. The third kappa shape index (κ3) is 5.52. The van der Waals surface area contributed by atoms with E-state index in [0.717, 1.165) is 22.8 Å². The van der Waals surface area contributed by atoms with Crippen LogP contribution in [0.3, 0.4) is 0 Å². The first kappa shape index (κ1) is 26.0. The summed E-state index contributed by atoms with van der Waals surface area (Å²) in [7, 11) is 3.01. The Morgan fingerprint density at radius 1 is 1.00 bits per heavy atom. The van der Waals surface area contributed by atoms with Gasteiger partial charge in [-0.1, -0.05) is 44.2 Å². The third-order valence-electron chi connectivity index (χ3n) is 5.91. The lowest BCUT2D eigenvalue weighted by atomic mass is 9.97. The molecule has 0 radical (unpaired) electrons. The normalized spacial score (nSPS) is 11.6. The molecule has 2 heterocycles. The van der Waals surface area contributed by atoms with Gasteiger partial charge < -0.3 is 14.8 Å². The van der Waals surface area contributed by atoms with Gasteiger partial charge >= 0.3 is 6.18 Å². The molecule has 0 saturated heterocycles. The lowest BCUT2D eigenvalue weighted by Crippen LogP contribution is -2.09. The van der Waals surface area contributed by atoms with Gasteiger partial charge in [-0.05, 0) is 42.2 Å². The van der Waals surface area contributed by atoms with Gasteiger partial charge in [0.2, 0.25) is 0 Å². The highest BCUT2D eigenvalue weighted by molar-refractivity contribution is 5.64. The second-order valence-electron chi connectivity index (χ2n) is 8.79. The number of rotatable bonds is 8. The average Bonchev–Trinajstić information content (AvgIpc) is 3.29. The van der Waals surface area contributed by atoms with Gasteiger partial charge in [0.25, 0.3) is 0 Å². The van der Waals surface area contributed by atoms with Gasteiger partial charge in [-0.3, -0.25) is 0 Å². The first-order valence-electron chi connectivity index (χ1n) is 11.7. The molecule has 194 valence electrons. The maximum atomic E-state index is 13.1. The van der Waals surface area contributed by atoms with Crippen LogP contribution in [0.2, 0.25) is 0 Å². The molecular weight excluding hydrogens is 483 g/mol. The molecule has 0 aliphatic carbocycles. The van der Waals surface area contributed by atoms with Crippen molar-refractivity contribution in [3.05, 3.63) is 77.2 Å². The number of hydrogen-bond acceptors (Lipinski definition) is 6. The minimum atomic E-state index is -4.53. The van der Waals surface area contributed by atoms with Crippen molar-refractivity contribution in [2.75, 3.05) is 19.5 Å². The summed E-state index contributed by atoms with van der Waals surface area (Å²) in [5.74, 6) is 2.28. The van der Waals surface area contributed by atoms with E-state index >= 15 is 0 Å². The molecule has 7 nitrogen and oxygen atoms in total. The number of anilines is 1. The molecule has 0 unspecified atom stereocenters. The van der Waals surface area contributed by atoms with Crippen LogP contribution in [0.15, 0.2) is 54.7 Å². The summed E-state index contributed by atoms with van der Waals surface area (Å²) >= 11 is 0. The van der Waals surface area contributed by atoms with Crippen LogP contribution in [0.1, 0.15) is 42.3 Å². The highest BCUT2D eigenvalue weighted by Gasteiger charge is 2.34. The summed E-state index contributed by atoms with van der Waals surface area (Å²) in [6.07, 6.45) is -2.90. The summed E-state index contributed by atoms with van der Waals surface area (Å²) in [6, 6.07) is 14.2. The standard InChI is InChI=1S/C27H28F3N5O2/c1-16(2)19-8-6-7-9-20(19)25-32-15-23(37-5)26(33-25)31-14-18-10-11-21(22(13-18)36-4)35-17(3)12-24(34-35)27(28,29)30/h6-13,15-16H,14H2,1-5H3,(H,31,32,33). The molecule has 2 aromatic heterocycles. The molecule has 0 bridgehead atoms. The SMILES string of the molecule is COc1cc(CNc2nc(-c3ccccc3C(C)C)ncc2OC)ccc1-n1nc(C(F)(F)F)cc1C. The van der Waals surface area contributed by atoms with Gasteiger partial charge in [-0.2, -0.15) is 18.3 Å². The predicted octanol–water partition coefficient (Wildman–Crippen LogP) is 6.41. The van der Waals surface area contributed by atoms with Crippen LogP contribution in [0.5, 0.6) is 11.5 Å². The van der Waals surface area contributed by atoms with Crippen molar-refractivity contribution in [2.24, 2.45) is 0 Å². The van der Waals surface area contributed by atoms with Gasteiger partial charge in [0.05, 0.1) is 20.4 Å². The van der Waals surface area contributed by atoms with Gasteiger partial charge in [-0.15, -0.1) is 0 Å². The van der Waals surface area contributed by atoms with Crippen LogP contribution in [-0.2, 0) is 12.7 Å². The van der Waals surface area contributed by atoms with E-state index < -0.39 is 11.9 Å². The lowest BCUT2D eigenvalue weighted by molar-refractivity contribution is -0.141. The summed E-state index contributed by atoms with van der Waals surface area (Å²) in [5, 5.41) is 7.01. The number of alkyl halides is 3. The van der Waals surface area contributed by atoms with Crippen LogP contribution >= 0.6 is 0 Å². The van der Waals surface area contributed by atoms with Crippen molar-refractivity contribution < 1.29 is 22.6 Å². The molecule has 37 heavy (non-hydrogen) atoms. The molecule has 1 N–H and O–H groups in total. The average molecular weight is 512 g/mol. The molecule has 0 aliphatic heterocycles. The number of halogens is 3. The zero-order chi connectivity index (χ0) is 26.7. The monoisotopic (exact) mass is 511 g/mol. The first-order valence-corrected chi connectivity index (χ1v) is 11.7. The van der Waals surface area contributed by atoms with Gasteiger partial charge in [-0.25, -0.2) is 14.6 Å². The number of aryl methyl sites for hydroxylation is 1. The summed E-state index contributed by atoms with van der Waals surface area (Å²) in [5.41, 5.74) is 2.71. The Bertz CT molecular complexity index is 1400. The third-order valence-corrected chi connectivity index (χ3v) is 5.91. The molecule has 4 rings (SSSR count). The molecule has 0 aliphatic rings. The van der Waals surface area contributed by atoms with Crippen molar-refractivity contribution in [1.29, 1.82) is 0 Å². The minimum absolute atomic E-state index is 0.301. The van der Waals surface area contributed by atoms with Gasteiger partial charge in [0.15, 0.2) is 23.1 Å². The maximum Gasteiger partial charge on any atom is 0.435 e.